The Morgan fingerprint density at radius 3 is 2.48 bits per heavy atom. The predicted octanol–water partition coefficient (Wildman–Crippen LogP) is 2.18. The maximum absolute atomic E-state index is 12.8. The third kappa shape index (κ3) is 4.41. The van der Waals surface area contributed by atoms with Crippen LogP contribution in [0.5, 0.6) is 0 Å². The number of rotatable bonds is 5. The van der Waals surface area contributed by atoms with Crippen molar-refractivity contribution >= 4 is 17.7 Å². The van der Waals surface area contributed by atoms with Gasteiger partial charge in [-0.05, 0) is 31.2 Å². The summed E-state index contributed by atoms with van der Waals surface area (Å²) in [5.41, 5.74) is 6.98. The zero-order valence-corrected chi connectivity index (χ0v) is 15.0. The van der Waals surface area contributed by atoms with Crippen molar-refractivity contribution in [1.82, 2.24) is 14.7 Å². The number of carbonyl (C=O) groups excluding carboxylic acids is 1. The van der Waals surface area contributed by atoms with Crippen molar-refractivity contribution in [2.75, 3.05) is 36.8 Å². The van der Waals surface area contributed by atoms with Crippen molar-refractivity contribution in [2.24, 2.45) is 0 Å². The number of aryl methyl sites for hydroxylation is 1. The van der Waals surface area contributed by atoms with E-state index in [0.717, 1.165) is 18.0 Å². The fourth-order valence-electron chi connectivity index (χ4n) is 3.29. The molecule has 0 amide bonds. The molecule has 2 N–H and O–H groups in total. The molecule has 2 aromatic rings. The fraction of sp³-hybridized carbons (Fsp3) is 0.444. The standard InChI is InChI=1S/C18H22F3N5O/c1-13-9-17(18(19,20)21)23-26(13)11-16(12-27)25-7-5-24(6-8-25)15-4-2-3-14(22)10-15/h2-4,9-10,12,16H,5-8,11,22H2,1H3. The Bertz CT molecular complexity index is 797. The van der Waals surface area contributed by atoms with Gasteiger partial charge in [-0.15, -0.1) is 0 Å². The van der Waals surface area contributed by atoms with Gasteiger partial charge >= 0.3 is 6.18 Å². The van der Waals surface area contributed by atoms with Crippen LogP contribution in [0.1, 0.15) is 11.4 Å². The van der Waals surface area contributed by atoms with Crippen LogP contribution in [0.25, 0.3) is 0 Å². The van der Waals surface area contributed by atoms with Gasteiger partial charge in [0.2, 0.25) is 0 Å². The maximum Gasteiger partial charge on any atom is 0.435 e. The van der Waals surface area contributed by atoms with Crippen LogP contribution in [-0.2, 0) is 17.5 Å². The van der Waals surface area contributed by atoms with Gasteiger partial charge in [-0.25, -0.2) is 0 Å². The summed E-state index contributed by atoms with van der Waals surface area (Å²) in [6.45, 7) is 4.33. The van der Waals surface area contributed by atoms with Gasteiger partial charge in [-0.2, -0.15) is 18.3 Å². The molecule has 1 saturated heterocycles. The van der Waals surface area contributed by atoms with Crippen molar-refractivity contribution in [1.29, 1.82) is 0 Å². The van der Waals surface area contributed by atoms with Crippen molar-refractivity contribution in [3.63, 3.8) is 0 Å². The van der Waals surface area contributed by atoms with E-state index in [-0.39, 0.29) is 6.54 Å². The topological polar surface area (TPSA) is 67.4 Å². The first-order chi connectivity index (χ1) is 12.8. The molecule has 0 spiro atoms. The molecule has 1 unspecified atom stereocenters. The number of nitrogens with two attached hydrogens (primary N) is 1. The first-order valence-electron chi connectivity index (χ1n) is 8.69. The van der Waals surface area contributed by atoms with Gasteiger partial charge in [-0.3, -0.25) is 9.58 Å². The fourth-order valence-corrected chi connectivity index (χ4v) is 3.29. The molecular formula is C18H22F3N5O. The predicted molar refractivity (Wildman–Crippen MR) is 96.5 cm³/mol. The molecule has 1 aliphatic rings. The normalized spacial score (nSPS) is 17.1. The second-order valence-corrected chi connectivity index (χ2v) is 6.67. The average Bonchev–Trinajstić information content (AvgIpc) is 3.01. The molecule has 0 aliphatic carbocycles. The van der Waals surface area contributed by atoms with Gasteiger partial charge in [0.25, 0.3) is 0 Å². The quantitative estimate of drug-likeness (QED) is 0.635. The minimum absolute atomic E-state index is 0.101. The van der Waals surface area contributed by atoms with Gasteiger partial charge < -0.3 is 15.4 Å². The lowest BCUT2D eigenvalue weighted by atomic mass is 10.2. The SMILES string of the molecule is Cc1cc(C(F)(F)F)nn1CC(C=O)N1CCN(c2cccc(N)c2)CC1. The summed E-state index contributed by atoms with van der Waals surface area (Å²) in [7, 11) is 0. The average molecular weight is 381 g/mol. The van der Waals surface area contributed by atoms with Crippen LogP contribution in [0.4, 0.5) is 24.5 Å². The summed E-state index contributed by atoms with van der Waals surface area (Å²) in [6, 6.07) is 8.08. The molecule has 6 nitrogen and oxygen atoms in total. The van der Waals surface area contributed by atoms with E-state index in [0.29, 0.717) is 37.6 Å². The van der Waals surface area contributed by atoms with Crippen molar-refractivity contribution < 1.29 is 18.0 Å². The molecule has 1 aliphatic heterocycles. The number of benzene rings is 1. The van der Waals surface area contributed by atoms with Crippen LogP contribution >= 0.6 is 0 Å². The number of anilines is 2. The molecule has 1 atom stereocenters. The van der Waals surface area contributed by atoms with Crippen LogP contribution in [0, 0.1) is 6.92 Å². The van der Waals surface area contributed by atoms with Crippen LogP contribution in [0.2, 0.25) is 0 Å². The second kappa shape index (κ2) is 7.59. The molecular weight excluding hydrogens is 359 g/mol. The highest BCUT2D eigenvalue weighted by atomic mass is 19.4. The monoisotopic (exact) mass is 381 g/mol. The molecule has 1 fully saturated rings. The largest absolute Gasteiger partial charge is 0.435 e. The van der Waals surface area contributed by atoms with Gasteiger partial charge in [0, 0.05) is 43.2 Å². The molecule has 1 aromatic carbocycles. The zero-order chi connectivity index (χ0) is 19.6. The van der Waals surface area contributed by atoms with Gasteiger partial charge in [0.05, 0.1) is 12.6 Å². The summed E-state index contributed by atoms with van der Waals surface area (Å²) in [4.78, 5) is 15.7. The Kier molecular flexibility index (Phi) is 5.41. The number of aldehydes is 1. The molecule has 27 heavy (non-hydrogen) atoms. The Balaban J connectivity index is 1.64. The molecule has 2 heterocycles. The van der Waals surface area contributed by atoms with Crippen LogP contribution in [0.3, 0.4) is 0 Å². The van der Waals surface area contributed by atoms with Crippen molar-refractivity contribution in [3.8, 4) is 0 Å². The molecule has 0 bridgehead atoms. The number of alkyl halides is 3. The lowest BCUT2D eigenvalue weighted by Gasteiger charge is -2.38. The van der Waals surface area contributed by atoms with Crippen LogP contribution in [-0.4, -0.2) is 53.2 Å². The Morgan fingerprint density at radius 1 is 1.22 bits per heavy atom. The van der Waals surface area contributed by atoms with Gasteiger partial charge in [0.15, 0.2) is 5.69 Å². The van der Waals surface area contributed by atoms with Crippen LogP contribution < -0.4 is 10.6 Å². The van der Waals surface area contributed by atoms with Crippen LogP contribution in [0.15, 0.2) is 30.3 Å². The number of nitrogens with zero attached hydrogens (tertiary/aromatic N) is 4. The second-order valence-electron chi connectivity index (χ2n) is 6.67. The first kappa shape index (κ1) is 19.2. The smallest absolute Gasteiger partial charge is 0.399 e. The minimum Gasteiger partial charge on any atom is -0.399 e. The number of nitrogen functional groups attached to an aromatic ring is 1. The van der Waals surface area contributed by atoms with Gasteiger partial charge in [-0.1, -0.05) is 6.07 Å². The third-order valence-electron chi connectivity index (χ3n) is 4.81. The van der Waals surface area contributed by atoms with E-state index in [4.69, 9.17) is 5.73 Å². The van der Waals surface area contributed by atoms with E-state index < -0.39 is 17.9 Å². The number of hydrogen-bond donors (Lipinski definition) is 1. The number of piperazine rings is 1. The van der Waals surface area contributed by atoms with E-state index in [1.165, 1.54) is 4.68 Å². The summed E-state index contributed by atoms with van der Waals surface area (Å²) < 4.78 is 39.7. The summed E-state index contributed by atoms with van der Waals surface area (Å²) >= 11 is 0. The number of aromatic nitrogens is 2. The molecule has 0 saturated carbocycles. The summed E-state index contributed by atoms with van der Waals surface area (Å²) in [6.07, 6.45) is -3.71. The van der Waals surface area contributed by atoms with E-state index in [9.17, 15) is 18.0 Å². The lowest BCUT2D eigenvalue weighted by molar-refractivity contribution is -0.141. The highest BCUT2D eigenvalue weighted by Gasteiger charge is 2.35. The summed E-state index contributed by atoms with van der Waals surface area (Å²) in [5.74, 6) is 0. The van der Waals surface area contributed by atoms with E-state index in [2.05, 4.69) is 10.00 Å². The van der Waals surface area contributed by atoms with Crippen molar-refractivity contribution in [3.05, 3.63) is 41.7 Å². The molecule has 9 heteroatoms. The molecule has 0 radical (unpaired) electrons. The Morgan fingerprint density at radius 2 is 1.93 bits per heavy atom. The lowest BCUT2D eigenvalue weighted by Crippen LogP contribution is -2.52. The molecule has 1 aromatic heterocycles. The van der Waals surface area contributed by atoms with Crippen molar-refractivity contribution in [2.45, 2.75) is 25.7 Å². The van der Waals surface area contributed by atoms with E-state index in [1.807, 2.05) is 29.2 Å². The number of carbonyl (C=O) groups is 1. The highest BCUT2D eigenvalue weighted by Crippen LogP contribution is 2.28. The summed E-state index contributed by atoms with van der Waals surface area (Å²) in [5, 5.41) is 3.62. The highest BCUT2D eigenvalue weighted by molar-refractivity contribution is 5.58. The zero-order valence-electron chi connectivity index (χ0n) is 15.0. The third-order valence-corrected chi connectivity index (χ3v) is 4.81. The van der Waals surface area contributed by atoms with Gasteiger partial charge in [0.1, 0.15) is 6.29 Å². The minimum atomic E-state index is -4.49. The molecule has 3 rings (SSSR count). The number of halogens is 3. The van der Waals surface area contributed by atoms with E-state index in [1.54, 1.807) is 6.92 Å². The Labute approximate surface area is 155 Å². The first-order valence-corrected chi connectivity index (χ1v) is 8.69. The van der Waals surface area contributed by atoms with E-state index >= 15 is 0 Å². The molecule has 146 valence electrons. The Hall–Kier alpha value is -2.55. The maximum atomic E-state index is 12.8. The number of hydrogen-bond acceptors (Lipinski definition) is 5.